The molecule has 0 bridgehead atoms. The molecule has 1 atom stereocenters. The number of halogens is 3. The maximum atomic E-state index is 12.6. The maximum Gasteiger partial charge on any atom is 0.416 e. The van der Waals surface area contributed by atoms with E-state index >= 15 is 0 Å². The highest BCUT2D eigenvalue weighted by Gasteiger charge is 2.36. The second kappa shape index (κ2) is 7.56. The molecular weight excluding hydrogens is 355 g/mol. The van der Waals surface area contributed by atoms with E-state index in [1.165, 1.54) is 12.1 Å². The van der Waals surface area contributed by atoms with E-state index in [9.17, 15) is 18.0 Å². The van der Waals surface area contributed by atoms with E-state index in [2.05, 4.69) is 13.8 Å². The molecule has 3 nitrogen and oxygen atoms in total. The molecule has 1 aliphatic heterocycles. The van der Waals surface area contributed by atoms with Crippen molar-refractivity contribution in [1.82, 2.24) is 4.90 Å². The molecule has 1 heterocycles. The van der Waals surface area contributed by atoms with Crippen molar-refractivity contribution in [2.24, 2.45) is 11.3 Å². The smallest absolute Gasteiger partial charge is 0.416 e. The van der Waals surface area contributed by atoms with Crippen LogP contribution in [0.3, 0.4) is 0 Å². The fraction of sp³-hybridized carbons (Fsp3) is 0.571. The number of carbonyl (C=O) groups is 1. The van der Waals surface area contributed by atoms with Gasteiger partial charge in [-0.25, -0.2) is 4.79 Å². The lowest BCUT2D eigenvalue weighted by atomic mass is 9.78. The molecule has 6 heteroatoms. The molecule has 1 aromatic rings. The third-order valence-corrected chi connectivity index (χ3v) is 4.84. The minimum atomic E-state index is -4.32. The first-order chi connectivity index (χ1) is 12.3. The molecule has 1 fully saturated rings. The highest BCUT2D eigenvalue weighted by Crippen LogP contribution is 2.37. The standard InChI is InChI=1S/C21H28F3NO2/c1-19(2,3)27-18(26)25-13-11-17(14-25)20(4,5)12-10-15-6-8-16(9-7-15)21(22,23)24/h6-10,12,17H,11,13-14H2,1-5H3/b12-10+/t17-/m0/s1. The highest BCUT2D eigenvalue weighted by atomic mass is 19.4. The number of allylic oxidation sites excluding steroid dienone is 1. The van der Waals surface area contributed by atoms with E-state index in [0.717, 1.165) is 24.1 Å². The number of alkyl halides is 3. The summed E-state index contributed by atoms with van der Waals surface area (Å²) in [4.78, 5) is 13.9. The van der Waals surface area contributed by atoms with Crippen LogP contribution in [0.4, 0.5) is 18.0 Å². The van der Waals surface area contributed by atoms with Gasteiger partial charge in [0.2, 0.25) is 0 Å². The zero-order chi connectivity index (χ0) is 20.5. The Morgan fingerprint density at radius 2 is 1.70 bits per heavy atom. The van der Waals surface area contributed by atoms with Crippen LogP contribution in [-0.2, 0) is 10.9 Å². The van der Waals surface area contributed by atoms with Crippen molar-refractivity contribution in [3.8, 4) is 0 Å². The third kappa shape index (κ3) is 6.01. The van der Waals surface area contributed by atoms with Crippen LogP contribution in [0.1, 0.15) is 52.2 Å². The summed E-state index contributed by atoms with van der Waals surface area (Å²) in [5.41, 5.74) is -0.645. The number of benzene rings is 1. The SMILES string of the molecule is CC(C)(C)OC(=O)N1CC[C@H](C(C)(C)/C=C/c2ccc(C(F)(F)F)cc2)C1. The second-order valence-corrected chi connectivity index (χ2v) is 8.69. The number of ether oxygens (including phenoxy) is 1. The molecular formula is C21H28F3NO2. The Balaban J connectivity index is 2.00. The van der Waals surface area contributed by atoms with E-state index in [1.54, 1.807) is 4.90 Å². The maximum absolute atomic E-state index is 12.6. The molecule has 150 valence electrons. The van der Waals surface area contributed by atoms with Crippen LogP contribution < -0.4 is 0 Å². The molecule has 0 aromatic heterocycles. The summed E-state index contributed by atoms with van der Waals surface area (Å²) in [6, 6.07) is 5.12. The Morgan fingerprint density at radius 3 is 2.22 bits per heavy atom. The molecule has 1 aromatic carbocycles. The predicted octanol–water partition coefficient (Wildman–Crippen LogP) is 6.00. The molecule has 0 aliphatic carbocycles. The number of likely N-dealkylation sites (tertiary alicyclic amines) is 1. The van der Waals surface area contributed by atoms with Crippen molar-refractivity contribution in [2.75, 3.05) is 13.1 Å². The zero-order valence-electron chi connectivity index (χ0n) is 16.6. The quantitative estimate of drug-likeness (QED) is 0.640. The number of amides is 1. The van der Waals surface area contributed by atoms with Gasteiger partial charge in [0, 0.05) is 13.1 Å². The first-order valence-corrected chi connectivity index (χ1v) is 9.12. The van der Waals surface area contributed by atoms with E-state index in [1.807, 2.05) is 32.9 Å². The largest absolute Gasteiger partial charge is 0.444 e. The molecule has 1 amide bonds. The van der Waals surface area contributed by atoms with Gasteiger partial charge in [0.1, 0.15) is 5.60 Å². The van der Waals surface area contributed by atoms with Gasteiger partial charge in [-0.1, -0.05) is 38.1 Å². The van der Waals surface area contributed by atoms with Crippen molar-refractivity contribution >= 4 is 12.2 Å². The van der Waals surface area contributed by atoms with Gasteiger partial charge in [0.05, 0.1) is 5.56 Å². The zero-order valence-corrected chi connectivity index (χ0v) is 16.6. The Labute approximate surface area is 159 Å². The number of hydrogen-bond donors (Lipinski definition) is 0. The topological polar surface area (TPSA) is 29.5 Å². The molecule has 1 aliphatic rings. The molecule has 0 saturated carbocycles. The first-order valence-electron chi connectivity index (χ1n) is 9.12. The Morgan fingerprint density at radius 1 is 1.11 bits per heavy atom. The average Bonchev–Trinajstić information content (AvgIpc) is 3.02. The van der Waals surface area contributed by atoms with Gasteiger partial charge in [0.15, 0.2) is 0 Å². The fourth-order valence-corrected chi connectivity index (χ4v) is 3.09. The van der Waals surface area contributed by atoms with Crippen LogP contribution in [0, 0.1) is 11.3 Å². The number of hydrogen-bond acceptors (Lipinski definition) is 2. The van der Waals surface area contributed by atoms with Crippen molar-refractivity contribution in [3.63, 3.8) is 0 Å². The van der Waals surface area contributed by atoms with E-state index < -0.39 is 17.3 Å². The van der Waals surface area contributed by atoms with Crippen molar-refractivity contribution in [2.45, 2.75) is 52.8 Å². The monoisotopic (exact) mass is 383 g/mol. The van der Waals surface area contributed by atoms with Crippen LogP contribution >= 0.6 is 0 Å². The van der Waals surface area contributed by atoms with Crippen molar-refractivity contribution in [1.29, 1.82) is 0 Å². The summed E-state index contributed by atoms with van der Waals surface area (Å²) in [6.45, 7) is 10.9. The lowest BCUT2D eigenvalue weighted by Crippen LogP contribution is -2.36. The van der Waals surface area contributed by atoms with E-state index in [-0.39, 0.29) is 17.4 Å². The van der Waals surface area contributed by atoms with Crippen molar-refractivity contribution in [3.05, 3.63) is 41.5 Å². The predicted molar refractivity (Wildman–Crippen MR) is 100 cm³/mol. The summed E-state index contributed by atoms with van der Waals surface area (Å²) in [5.74, 6) is 0.260. The number of nitrogens with zero attached hydrogens (tertiary/aromatic N) is 1. The van der Waals surface area contributed by atoms with Crippen molar-refractivity contribution < 1.29 is 22.7 Å². The fourth-order valence-electron chi connectivity index (χ4n) is 3.09. The Hall–Kier alpha value is -1.98. The third-order valence-electron chi connectivity index (χ3n) is 4.84. The van der Waals surface area contributed by atoms with E-state index in [0.29, 0.717) is 13.1 Å². The van der Waals surface area contributed by atoms with Gasteiger partial charge in [-0.05, 0) is 56.2 Å². The number of carbonyl (C=O) groups excluding carboxylic acids is 1. The van der Waals surface area contributed by atoms with Gasteiger partial charge in [-0.15, -0.1) is 0 Å². The summed E-state index contributed by atoms with van der Waals surface area (Å²) < 4.78 is 43.4. The van der Waals surface area contributed by atoms with Crippen LogP contribution in [0.25, 0.3) is 6.08 Å². The normalized spacial score (nSPS) is 19.0. The molecule has 1 saturated heterocycles. The highest BCUT2D eigenvalue weighted by molar-refractivity contribution is 5.68. The summed E-state index contributed by atoms with van der Waals surface area (Å²) >= 11 is 0. The summed E-state index contributed by atoms with van der Waals surface area (Å²) in [5, 5.41) is 0. The average molecular weight is 383 g/mol. The van der Waals surface area contributed by atoms with Crippen LogP contribution in [-0.4, -0.2) is 29.7 Å². The molecule has 27 heavy (non-hydrogen) atoms. The summed E-state index contributed by atoms with van der Waals surface area (Å²) in [7, 11) is 0. The molecule has 0 N–H and O–H groups in total. The van der Waals surface area contributed by atoms with Crippen LogP contribution in [0.2, 0.25) is 0 Å². The van der Waals surface area contributed by atoms with Gasteiger partial charge < -0.3 is 9.64 Å². The first kappa shape index (κ1) is 21.3. The van der Waals surface area contributed by atoms with Gasteiger partial charge >= 0.3 is 12.3 Å². The van der Waals surface area contributed by atoms with E-state index in [4.69, 9.17) is 4.74 Å². The lowest BCUT2D eigenvalue weighted by Gasteiger charge is -2.29. The Kier molecular flexibility index (Phi) is 5.97. The van der Waals surface area contributed by atoms with Gasteiger partial charge in [0.25, 0.3) is 0 Å². The minimum Gasteiger partial charge on any atom is -0.444 e. The minimum absolute atomic E-state index is 0.195. The second-order valence-electron chi connectivity index (χ2n) is 8.69. The molecule has 0 radical (unpaired) electrons. The van der Waals surface area contributed by atoms with Crippen LogP contribution in [0.5, 0.6) is 0 Å². The van der Waals surface area contributed by atoms with Gasteiger partial charge in [-0.2, -0.15) is 13.2 Å². The van der Waals surface area contributed by atoms with Crippen LogP contribution in [0.15, 0.2) is 30.3 Å². The number of rotatable bonds is 3. The lowest BCUT2D eigenvalue weighted by molar-refractivity contribution is -0.137. The Bertz CT molecular complexity index is 685. The molecule has 0 spiro atoms. The summed E-state index contributed by atoms with van der Waals surface area (Å²) in [6.07, 6.45) is 0.0994. The molecule has 2 rings (SSSR count). The van der Waals surface area contributed by atoms with Gasteiger partial charge in [-0.3, -0.25) is 0 Å². The molecule has 0 unspecified atom stereocenters.